The van der Waals surface area contributed by atoms with Crippen LogP contribution in [0.3, 0.4) is 0 Å². The van der Waals surface area contributed by atoms with E-state index in [1.54, 1.807) is 24.3 Å². The van der Waals surface area contributed by atoms with Gasteiger partial charge < -0.3 is 20.1 Å². The first kappa shape index (κ1) is 13.9. The van der Waals surface area contributed by atoms with Crippen LogP contribution in [0.1, 0.15) is 5.56 Å². The number of hydrogen-bond donors (Lipinski definition) is 3. The van der Waals surface area contributed by atoms with E-state index < -0.39 is 17.6 Å². The molecule has 20 heavy (non-hydrogen) atoms. The van der Waals surface area contributed by atoms with Gasteiger partial charge in [0.15, 0.2) is 5.76 Å². The number of methoxy groups -OCH3 is 1. The second-order valence-corrected chi connectivity index (χ2v) is 4.19. The number of nitrogens with two attached hydrogens (primary N) is 1. The van der Waals surface area contributed by atoms with Gasteiger partial charge >= 0.3 is 5.97 Å². The Morgan fingerprint density at radius 1 is 1.50 bits per heavy atom. The fourth-order valence-electron chi connectivity index (χ4n) is 1.87. The number of aromatic nitrogens is 1. The molecule has 0 saturated heterocycles. The van der Waals surface area contributed by atoms with Crippen LogP contribution >= 0.6 is 0 Å². The molecule has 0 amide bonds. The monoisotopic (exact) mass is 278 g/mol. The van der Waals surface area contributed by atoms with Gasteiger partial charge in [0.2, 0.25) is 0 Å². The van der Waals surface area contributed by atoms with Crippen LogP contribution < -0.4 is 16.0 Å². The van der Waals surface area contributed by atoms with Crippen molar-refractivity contribution in [2.75, 3.05) is 7.11 Å². The summed E-state index contributed by atoms with van der Waals surface area (Å²) in [6.07, 6.45) is -0.130. The molecule has 2 rings (SSSR count). The lowest BCUT2D eigenvalue weighted by molar-refractivity contribution is -0.138. The molecule has 1 atom stereocenters. The van der Waals surface area contributed by atoms with Gasteiger partial charge in [-0.1, -0.05) is 12.1 Å². The van der Waals surface area contributed by atoms with Crippen LogP contribution in [0.4, 0.5) is 0 Å². The molecule has 1 aromatic heterocycles. The fraction of sp³-hybridized carbons (Fsp3) is 0.231. The van der Waals surface area contributed by atoms with Gasteiger partial charge in [-0.05, 0) is 12.1 Å². The molecule has 0 fully saturated rings. The molecule has 7 heteroatoms. The first-order valence-corrected chi connectivity index (χ1v) is 5.86. The third-order valence-electron chi connectivity index (χ3n) is 2.89. The molecule has 0 aliphatic carbocycles. The molecule has 0 aliphatic rings. The van der Waals surface area contributed by atoms with E-state index in [1.165, 1.54) is 7.11 Å². The fourth-order valence-corrected chi connectivity index (χ4v) is 1.87. The normalized spacial score (nSPS) is 12.1. The van der Waals surface area contributed by atoms with Crippen LogP contribution in [0, 0.1) is 0 Å². The van der Waals surface area contributed by atoms with Gasteiger partial charge in [-0.15, -0.1) is 0 Å². The van der Waals surface area contributed by atoms with Crippen molar-refractivity contribution in [2.45, 2.75) is 12.5 Å². The first-order chi connectivity index (χ1) is 9.54. The molecular weight excluding hydrogens is 264 g/mol. The SMILES string of the molecule is COc1ccccc1-c1o[nH]c(=O)c1CC(N)C(=O)O. The van der Waals surface area contributed by atoms with Crippen LogP contribution in [0.5, 0.6) is 5.75 Å². The highest BCUT2D eigenvalue weighted by Crippen LogP contribution is 2.31. The molecule has 1 heterocycles. The van der Waals surface area contributed by atoms with Crippen LogP contribution in [0.2, 0.25) is 0 Å². The minimum absolute atomic E-state index is 0.130. The number of para-hydroxylation sites is 1. The molecule has 1 unspecified atom stereocenters. The van der Waals surface area contributed by atoms with Gasteiger partial charge in [-0.2, -0.15) is 5.16 Å². The number of carbonyl (C=O) groups is 1. The molecule has 0 spiro atoms. The zero-order chi connectivity index (χ0) is 14.7. The molecule has 0 bridgehead atoms. The van der Waals surface area contributed by atoms with Gasteiger partial charge in [-0.3, -0.25) is 9.59 Å². The predicted octanol–water partition coefficient (Wildman–Crippen LogP) is 0.598. The van der Waals surface area contributed by atoms with E-state index in [9.17, 15) is 9.59 Å². The second kappa shape index (κ2) is 5.62. The smallest absolute Gasteiger partial charge is 0.320 e. The minimum Gasteiger partial charge on any atom is -0.496 e. The number of carboxylic acids is 1. The highest BCUT2D eigenvalue weighted by molar-refractivity contribution is 5.75. The highest BCUT2D eigenvalue weighted by Gasteiger charge is 2.22. The van der Waals surface area contributed by atoms with E-state index in [2.05, 4.69) is 5.16 Å². The topological polar surface area (TPSA) is 119 Å². The van der Waals surface area contributed by atoms with Crippen molar-refractivity contribution in [2.24, 2.45) is 5.73 Å². The molecule has 0 saturated carbocycles. The van der Waals surface area contributed by atoms with Gasteiger partial charge in [0.1, 0.15) is 11.8 Å². The van der Waals surface area contributed by atoms with Crippen LogP contribution in [-0.2, 0) is 11.2 Å². The second-order valence-electron chi connectivity index (χ2n) is 4.19. The summed E-state index contributed by atoms with van der Waals surface area (Å²) in [5.41, 5.74) is 5.71. The number of ether oxygens (including phenoxy) is 1. The number of aromatic amines is 1. The lowest BCUT2D eigenvalue weighted by Crippen LogP contribution is -2.33. The van der Waals surface area contributed by atoms with Crippen molar-refractivity contribution < 1.29 is 19.2 Å². The van der Waals surface area contributed by atoms with Gasteiger partial charge in [0.05, 0.1) is 18.2 Å². The van der Waals surface area contributed by atoms with Gasteiger partial charge in [0.25, 0.3) is 5.56 Å². The summed E-state index contributed by atoms with van der Waals surface area (Å²) in [7, 11) is 1.49. The van der Waals surface area contributed by atoms with Crippen LogP contribution in [0.25, 0.3) is 11.3 Å². The first-order valence-electron chi connectivity index (χ1n) is 5.86. The minimum atomic E-state index is -1.18. The largest absolute Gasteiger partial charge is 0.496 e. The van der Waals surface area contributed by atoms with Gasteiger partial charge in [0, 0.05) is 6.42 Å². The van der Waals surface area contributed by atoms with E-state index in [0.29, 0.717) is 11.3 Å². The van der Waals surface area contributed by atoms with Crippen LogP contribution in [0.15, 0.2) is 33.6 Å². The quantitative estimate of drug-likeness (QED) is 0.736. The lowest BCUT2D eigenvalue weighted by atomic mass is 10.0. The molecule has 0 radical (unpaired) electrons. The molecule has 7 nitrogen and oxygen atoms in total. The summed E-state index contributed by atoms with van der Waals surface area (Å²) in [6.45, 7) is 0. The Kier molecular flexibility index (Phi) is 3.90. The van der Waals surface area contributed by atoms with Crippen molar-refractivity contribution in [3.8, 4) is 17.1 Å². The van der Waals surface area contributed by atoms with E-state index in [1.807, 2.05) is 0 Å². The Labute approximate surface area is 113 Å². The Balaban J connectivity index is 2.48. The van der Waals surface area contributed by atoms with Crippen molar-refractivity contribution in [3.05, 3.63) is 40.2 Å². The van der Waals surface area contributed by atoms with Crippen molar-refractivity contribution in [3.63, 3.8) is 0 Å². The third kappa shape index (κ3) is 2.57. The summed E-state index contributed by atoms with van der Waals surface area (Å²) >= 11 is 0. The third-order valence-corrected chi connectivity index (χ3v) is 2.89. The number of nitrogens with one attached hydrogen (secondary N) is 1. The number of aliphatic carboxylic acids is 1. The lowest BCUT2D eigenvalue weighted by Gasteiger charge is -2.08. The summed E-state index contributed by atoms with van der Waals surface area (Å²) in [5.74, 6) is -0.430. The molecule has 1 aromatic carbocycles. The maximum absolute atomic E-state index is 11.7. The van der Waals surface area contributed by atoms with Crippen molar-refractivity contribution in [1.29, 1.82) is 0 Å². The average molecular weight is 278 g/mol. The molecular formula is C13H14N2O5. The number of hydrogen-bond acceptors (Lipinski definition) is 5. The Bertz CT molecular complexity index is 673. The number of benzene rings is 1. The van der Waals surface area contributed by atoms with Crippen molar-refractivity contribution >= 4 is 5.97 Å². The summed E-state index contributed by atoms with van der Waals surface area (Å²) < 4.78 is 10.3. The molecule has 106 valence electrons. The van der Waals surface area contributed by atoms with E-state index >= 15 is 0 Å². The molecule has 4 N–H and O–H groups in total. The number of rotatable bonds is 5. The highest BCUT2D eigenvalue weighted by atomic mass is 16.5. The Morgan fingerprint density at radius 2 is 2.20 bits per heavy atom. The van der Waals surface area contributed by atoms with E-state index in [4.69, 9.17) is 20.1 Å². The zero-order valence-corrected chi connectivity index (χ0v) is 10.8. The van der Waals surface area contributed by atoms with Crippen LogP contribution in [-0.4, -0.2) is 29.4 Å². The zero-order valence-electron chi connectivity index (χ0n) is 10.8. The summed E-state index contributed by atoms with van der Waals surface area (Å²) in [5, 5.41) is 11.0. The summed E-state index contributed by atoms with van der Waals surface area (Å²) in [4.78, 5) is 22.5. The predicted molar refractivity (Wildman–Crippen MR) is 70.6 cm³/mol. The van der Waals surface area contributed by atoms with Gasteiger partial charge in [-0.25, -0.2) is 0 Å². The van der Waals surface area contributed by atoms with Crippen molar-refractivity contribution in [1.82, 2.24) is 5.16 Å². The maximum atomic E-state index is 11.7. The Hall–Kier alpha value is -2.54. The number of H-pyrrole nitrogens is 1. The Morgan fingerprint density at radius 3 is 2.85 bits per heavy atom. The molecule has 0 aliphatic heterocycles. The van der Waals surface area contributed by atoms with E-state index in [0.717, 1.165) is 0 Å². The average Bonchev–Trinajstić information content (AvgIpc) is 2.80. The standard InChI is InChI=1S/C13H14N2O5/c1-19-10-5-3-2-4-7(10)11-8(12(16)15-20-11)6-9(14)13(17)18/h2-5,9H,6,14H2,1H3,(H,15,16)(H,17,18). The summed E-state index contributed by atoms with van der Waals surface area (Å²) in [6, 6.07) is 5.77. The molecule has 2 aromatic rings. The maximum Gasteiger partial charge on any atom is 0.320 e. The van der Waals surface area contributed by atoms with E-state index in [-0.39, 0.29) is 17.7 Å². The number of carboxylic acid groups (broad SMARTS) is 1.